The van der Waals surface area contributed by atoms with Crippen LogP contribution in [-0.4, -0.2) is 21.2 Å². The van der Waals surface area contributed by atoms with Gasteiger partial charge < -0.3 is 0 Å². The molecule has 0 aliphatic rings. The first kappa shape index (κ1) is 13.2. The van der Waals surface area contributed by atoms with Gasteiger partial charge in [-0.05, 0) is 18.9 Å². The van der Waals surface area contributed by atoms with Crippen molar-refractivity contribution >= 4 is 28.9 Å². The van der Waals surface area contributed by atoms with E-state index in [9.17, 15) is 4.79 Å². The van der Waals surface area contributed by atoms with Crippen LogP contribution in [0.25, 0.3) is 0 Å². The van der Waals surface area contributed by atoms with Crippen LogP contribution in [0.1, 0.15) is 29.8 Å². The summed E-state index contributed by atoms with van der Waals surface area (Å²) >= 11 is 2.92. The van der Waals surface area contributed by atoms with Crippen LogP contribution >= 0.6 is 23.1 Å². The molecule has 0 aliphatic heterocycles. The van der Waals surface area contributed by atoms with E-state index in [1.54, 1.807) is 5.51 Å². The summed E-state index contributed by atoms with van der Waals surface area (Å²) in [4.78, 5) is 12.2. The molecule has 18 heavy (non-hydrogen) atoms. The van der Waals surface area contributed by atoms with E-state index in [0.29, 0.717) is 0 Å². The molecule has 0 radical (unpaired) electrons. The molecular weight excluding hydrogens is 264 g/mol. The van der Waals surface area contributed by atoms with Crippen molar-refractivity contribution in [2.24, 2.45) is 0 Å². The Morgan fingerprint density at radius 2 is 2.11 bits per heavy atom. The normalized spacial score (nSPS) is 12.3. The number of Topliss-reactive ketones (excluding diaryl/α,β-unsaturated/α-hetero) is 1. The molecule has 1 atom stereocenters. The summed E-state index contributed by atoms with van der Waals surface area (Å²) in [5, 5.41) is 7.57. The summed E-state index contributed by atoms with van der Waals surface area (Å²) in [5.74, 6) is 0.137. The van der Waals surface area contributed by atoms with Crippen molar-refractivity contribution < 1.29 is 4.79 Å². The van der Waals surface area contributed by atoms with Gasteiger partial charge in [0.05, 0.1) is 5.25 Å². The lowest BCUT2D eigenvalue weighted by Crippen LogP contribution is -2.13. The van der Waals surface area contributed by atoms with Crippen molar-refractivity contribution in [2.45, 2.75) is 29.9 Å². The highest BCUT2D eigenvalue weighted by atomic mass is 32.2. The highest BCUT2D eigenvalue weighted by Gasteiger charge is 2.17. The second-order valence-corrected chi connectivity index (χ2v) is 6.30. The zero-order valence-electron chi connectivity index (χ0n) is 10.3. The summed E-state index contributed by atoms with van der Waals surface area (Å²) in [6, 6.07) is 7.82. The number of carbonyl (C=O) groups excluding carboxylic acids is 1. The van der Waals surface area contributed by atoms with Crippen LogP contribution in [0.5, 0.6) is 0 Å². The van der Waals surface area contributed by atoms with Gasteiger partial charge in [-0.25, -0.2) is 0 Å². The zero-order valence-corrected chi connectivity index (χ0v) is 11.9. The molecule has 0 aliphatic carbocycles. The van der Waals surface area contributed by atoms with Crippen molar-refractivity contribution in [2.75, 3.05) is 0 Å². The molecule has 0 bridgehead atoms. The summed E-state index contributed by atoms with van der Waals surface area (Å²) in [7, 11) is 0. The Labute approximate surface area is 115 Å². The van der Waals surface area contributed by atoms with Crippen molar-refractivity contribution in [3.05, 3.63) is 40.9 Å². The van der Waals surface area contributed by atoms with Crippen molar-refractivity contribution in [1.29, 1.82) is 0 Å². The third kappa shape index (κ3) is 3.17. The number of aromatic nitrogens is 2. The van der Waals surface area contributed by atoms with Crippen LogP contribution in [0.2, 0.25) is 0 Å². The minimum absolute atomic E-state index is 0.134. The average Bonchev–Trinajstić information content (AvgIpc) is 2.91. The maximum absolute atomic E-state index is 12.2. The standard InChI is InChI=1S/C13H14N2OS2/c1-3-10-4-6-11(7-5-10)12(16)9(2)18-13-15-14-8-17-13/h4-9H,3H2,1-2H3/t9-/m1/s1. The number of benzene rings is 1. The number of ketones is 1. The van der Waals surface area contributed by atoms with E-state index >= 15 is 0 Å². The molecule has 0 amide bonds. The Morgan fingerprint density at radius 1 is 1.39 bits per heavy atom. The quantitative estimate of drug-likeness (QED) is 0.620. The van der Waals surface area contributed by atoms with Crippen molar-refractivity contribution in [1.82, 2.24) is 10.2 Å². The lowest BCUT2D eigenvalue weighted by atomic mass is 10.1. The second-order valence-electron chi connectivity index (χ2n) is 3.88. The van der Waals surface area contributed by atoms with E-state index in [4.69, 9.17) is 0 Å². The van der Waals surface area contributed by atoms with Gasteiger partial charge in [0, 0.05) is 5.56 Å². The molecule has 2 rings (SSSR count). The van der Waals surface area contributed by atoms with Gasteiger partial charge in [-0.3, -0.25) is 4.79 Å². The number of hydrogen-bond donors (Lipinski definition) is 0. The molecule has 0 fully saturated rings. The largest absolute Gasteiger partial charge is 0.293 e. The van der Waals surface area contributed by atoms with Gasteiger partial charge in [-0.1, -0.05) is 54.3 Å². The zero-order chi connectivity index (χ0) is 13.0. The van der Waals surface area contributed by atoms with Crippen molar-refractivity contribution in [3.63, 3.8) is 0 Å². The van der Waals surface area contributed by atoms with Crippen LogP contribution in [0, 0.1) is 0 Å². The smallest absolute Gasteiger partial charge is 0.175 e. The van der Waals surface area contributed by atoms with Crippen LogP contribution < -0.4 is 0 Å². The number of hydrogen-bond acceptors (Lipinski definition) is 5. The van der Waals surface area contributed by atoms with Crippen LogP contribution in [-0.2, 0) is 6.42 Å². The molecule has 0 N–H and O–H groups in total. The molecule has 0 saturated heterocycles. The van der Waals surface area contributed by atoms with E-state index < -0.39 is 0 Å². The maximum Gasteiger partial charge on any atom is 0.175 e. The Hall–Kier alpha value is -1.20. The van der Waals surface area contributed by atoms with Gasteiger partial charge in [0.15, 0.2) is 10.1 Å². The molecule has 0 spiro atoms. The number of thioether (sulfide) groups is 1. The van der Waals surface area contributed by atoms with Crippen molar-refractivity contribution in [3.8, 4) is 0 Å². The molecule has 2 aromatic rings. The number of carbonyl (C=O) groups is 1. The Balaban J connectivity index is 2.05. The fourth-order valence-electron chi connectivity index (χ4n) is 1.56. The average molecular weight is 278 g/mol. The topological polar surface area (TPSA) is 42.9 Å². The lowest BCUT2D eigenvalue weighted by molar-refractivity contribution is 0.0994. The number of aryl methyl sites for hydroxylation is 1. The lowest BCUT2D eigenvalue weighted by Gasteiger charge is -2.08. The molecule has 0 saturated carbocycles. The molecule has 0 unspecified atom stereocenters. The molecule has 1 aromatic carbocycles. The predicted octanol–water partition coefficient (Wildman–Crippen LogP) is 3.46. The minimum atomic E-state index is -0.134. The SMILES string of the molecule is CCc1ccc(C(=O)[C@@H](C)Sc2nncs2)cc1. The third-order valence-electron chi connectivity index (χ3n) is 2.63. The van der Waals surface area contributed by atoms with E-state index in [-0.39, 0.29) is 11.0 Å². The molecule has 94 valence electrons. The van der Waals surface area contributed by atoms with Gasteiger partial charge in [0.1, 0.15) is 5.51 Å². The Kier molecular flexibility index (Phi) is 4.49. The maximum atomic E-state index is 12.2. The summed E-state index contributed by atoms with van der Waals surface area (Å²) in [6.07, 6.45) is 0.990. The van der Waals surface area contributed by atoms with E-state index in [0.717, 1.165) is 16.3 Å². The fourth-order valence-corrected chi connectivity index (χ4v) is 3.26. The summed E-state index contributed by atoms with van der Waals surface area (Å²) in [6.45, 7) is 4.01. The van der Waals surface area contributed by atoms with Gasteiger partial charge in [0.2, 0.25) is 0 Å². The fraction of sp³-hybridized carbons (Fsp3) is 0.308. The van der Waals surface area contributed by atoms with Gasteiger partial charge in [0.25, 0.3) is 0 Å². The highest BCUT2D eigenvalue weighted by molar-refractivity contribution is 8.02. The number of rotatable bonds is 5. The molecule has 1 aromatic heterocycles. The Morgan fingerprint density at radius 3 is 2.67 bits per heavy atom. The first-order valence-electron chi connectivity index (χ1n) is 5.76. The monoisotopic (exact) mass is 278 g/mol. The predicted molar refractivity (Wildman–Crippen MR) is 75.4 cm³/mol. The van der Waals surface area contributed by atoms with Gasteiger partial charge >= 0.3 is 0 Å². The first-order valence-corrected chi connectivity index (χ1v) is 7.52. The van der Waals surface area contributed by atoms with Crippen LogP contribution in [0.4, 0.5) is 0 Å². The van der Waals surface area contributed by atoms with Crippen LogP contribution in [0.15, 0.2) is 34.1 Å². The highest BCUT2D eigenvalue weighted by Crippen LogP contribution is 2.26. The third-order valence-corrected chi connectivity index (χ3v) is 4.54. The first-order chi connectivity index (χ1) is 8.70. The molecular formula is C13H14N2OS2. The van der Waals surface area contributed by atoms with Gasteiger partial charge in [-0.2, -0.15) is 0 Å². The number of nitrogens with zero attached hydrogens (tertiary/aromatic N) is 2. The van der Waals surface area contributed by atoms with E-state index in [1.165, 1.54) is 28.7 Å². The van der Waals surface area contributed by atoms with Gasteiger partial charge in [-0.15, -0.1) is 10.2 Å². The second kappa shape index (κ2) is 6.11. The Bertz CT molecular complexity index is 508. The summed E-state index contributed by atoms with van der Waals surface area (Å²) in [5.41, 5.74) is 3.68. The summed E-state index contributed by atoms with van der Waals surface area (Å²) < 4.78 is 0.834. The minimum Gasteiger partial charge on any atom is -0.293 e. The molecule has 3 nitrogen and oxygen atoms in total. The molecule has 1 heterocycles. The van der Waals surface area contributed by atoms with E-state index in [1.807, 2.05) is 31.2 Å². The molecule has 5 heteroatoms. The van der Waals surface area contributed by atoms with Crippen LogP contribution in [0.3, 0.4) is 0 Å². The van der Waals surface area contributed by atoms with E-state index in [2.05, 4.69) is 17.1 Å².